The van der Waals surface area contributed by atoms with E-state index in [-0.39, 0.29) is 11.7 Å². The molecule has 0 saturated carbocycles. The minimum Gasteiger partial charge on any atom is -0.496 e. The van der Waals surface area contributed by atoms with E-state index in [1.807, 2.05) is 72.2 Å². The summed E-state index contributed by atoms with van der Waals surface area (Å²) in [5.74, 6) is 1.94. The summed E-state index contributed by atoms with van der Waals surface area (Å²) in [7, 11) is 3.20. The number of hydrogen-bond acceptors (Lipinski definition) is 6. The molecular formula is C25H24N4O3S. The molecule has 33 heavy (non-hydrogen) atoms. The Bertz CT molecular complexity index is 1250. The van der Waals surface area contributed by atoms with Crippen LogP contribution in [0, 0.1) is 6.92 Å². The smallest absolute Gasteiger partial charge is 0.234 e. The van der Waals surface area contributed by atoms with Gasteiger partial charge in [0.2, 0.25) is 5.91 Å². The van der Waals surface area contributed by atoms with Crippen molar-refractivity contribution in [1.82, 2.24) is 14.8 Å². The molecule has 0 bridgehead atoms. The van der Waals surface area contributed by atoms with Crippen molar-refractivity contribution >= 4 is 23.4 Å². The van der Waals surface area contributed by atoms with Crippen molar-refractivity contribution in [3.8, 4) is 28.6 Å². The van der Waals surface area contributed by atoms with Gasteiger partial charge in [-0.1, -0.05) is 53.7 Å². The number of nitrogens with one attached hydrogen (secondary N) is 1. The molecule has 0 aliphatic heterocycles. The molecule has 0 atom stereocenters. The van der Waals surface area contributed by atoms with Crippen molar-refractivity contribution in [3.63, 3.8) is 0 Å². The fraction of sp³-hybridized carbons (Fsp3) is 0.160. The zero-order chi connectivity index (χ0) is 23.2. The molecule has 0 spiro atoms. The summed E-state index contributed by atoms with van der Waals surface area (Å²) in [5, 5.41) is 12.3. The van der Waals surface area contributed by atoms with Crippen molar-refractivity contribution in [2.45, 2.75) is 12.1 Å². The number of anilines is 1. The summed E-state index contributed by atoms with van der Waals surface area (Å²) in [4.78, 5) is 12.7. The molecule has 4 aromatic rings. The van der Waals surface area contributed by atoms with E-state index in [1.54, 1.807) is 26.4 Å². The number of rotatable bonds is 8. The van der Waals surface area contributed by atoms with E-state index in [4.69, 9.17) is 9.47 Å². The van der Waals surface area contributed by atoms with Gasteiger partial charge in [-0.25, -0.2) is 0 Å². The fourth-order valence-corrected chi connectivity index (χ4v) is 4.11. The zero-order valence-corrected chi connectivity index (χ0v) is 19.4. The lowest BCUT2D eigenvalue weighted by molar-refractivity contribution is -0.113. The van der Waals surface area contributed by atoms with Gasteiger partial charge in [-0.2, -0.15) is 0 Å². The van der Waals surface area contributed by atoms with E-state index >= 15 is 0 Å². The number of nitrogens with zero attached hydrogens (tertiary/aromatic N) is 3. The number of carbonyl (C=O) groups is 1. The quantitative estimate of drug-likeness (QED) is 0.373. The van der Waals surface area contributed by atoms with E-state index < -0.39 is 0 Å². The average molecular weight is 461 g/mol. The van der Waals surface area contributed by atoms with Gasteiger partial charge in [-0.05, 0) is 43.3 Å². The standard InChI is InChI=1S/C25H24N4O3S/c1-17-12-14-18(15-13-17)29-24(19-8-4-6-10-21(19)31-2)27-28-25(29)33-16-23(30)26-20-9-5-7-11-22(20)32-3/h4-15H,16H2,1-3H3,(H,26,30). The molecule has 0 fully saturated rings. The SMILES string of the molecule is COc1ccccc1NC(=O)CSc1nnc(-c2ccccc2OC)n1-c1ccc(C)cc1. The highest BCUT2D eigenvalue weighted by atomic mass is 32.2. The molecule has 0 unspecified atom stereocenters. The number of amides is 1. The first-order valence-corrected chi connectivity index (χ1v) is 11.3. The van der Waals surface area contributed by atoms with Crippen LogP contribution in [0.15, 0.2) is 78.0 Å². The predicted octanol–water partition coefficient (Wildman–Crippen LogP) is 4.99. The molecule has 1 amide bonds. The van der Waals surface area contributed by atoms with Gasteiger partial charge < -0.3 is 14.8 Å². The van der Waals surface area contributed by atoms with Crippen LogP contribution in [0.1, 0.15) is 5.56 Å². The Morgan fingerprint density at radius 3 is 2.30 bits per heavy atom. The van der Waals surface area contributed by atoms with Crippen molar-refractivity contribution in [1.29, 1.82) is 0 Å². The molecule has 1 aromatic heterocycles. The molecule has 0 aliphatic carbocycles. The van der Waals surface area contributed by atoms with E-state index in [0.29, 0.717) is 28.2 Å². The van der Waals surface area contributed by atoms with Crippen LogP contribution in [-0.4, -0.2) is 40.6 Å². The summed E-state index contributed by atoms with van der Waals surface area (Å²) in [6.45, 7) is 2.04. The Kier molecular flexibility index (Phi) is 6.95. The highest BCUT2D eigenvalue weighted by Crippen LogP contribution is 2.33. The fourth-order valence-electron chi connectivity index (χ4n) is 3.36. The highest BCUT2D eigenvalue weighted by molar-refractivity contribution is 7.99. The maximum Gasteiger partial charge on any atom is 0.234 e. The largest absolute Gasteiger partial charge is 0.496 e. The number of aromatic nitrogens is 3. The average Bonchev–Trinajstić information content (AvgIpc) is 3.27. The molecule has 0 saturated heterocycles. The van der Waals surface area contributed by atoms with Crippen LogP contribution in [0.2, 0.25) is 0 Å². The summed E-state index contributed by atoms with van der Waals surface area (Å²) >= 11 is 1.31. The van der Waals surface area contributed by atoms with Gasteiger partial charge in [0.05, 0.1) is 31.2 Å². The molecule has 4 rings (SSSR count). The van der Waals surface area contributed by atoms with Crippen molar-refractivity contribution in [3.05, 3.63) is 78.4 Å². The lowest BCUT2D eigenvalue weighted by atomic mass is 10.1. The van der Waals surface area contributed by atoms with Crippen LogP contribution in [0.5, 0.6) is 11.5 Å². The van der Waals surface area contributed by atoms with Crippen LogP contribution in [0.4, 0.5) is 5.69 Å². The minimum atomic E-state index is -0.165. The third kappa shape index (κ3) is 5.01. The second kappa shape index (κ2) is 10.2. The Hall–Kier alpha value is -3.78. The topological polar surface area (TPSA) is 78.3 Å². The summed E-state index contributed by atoms with van der Waals surface area (Å²) < 4.78 is 12.8. The summed E-state index contributed by atoms with van der Waals surface area (Å²) in [6, 6.07) is 23.1. The van der Waals surface area contributed by atoms with E-state index in [0.717, 1.165) is 16.8 Å². The van der Waals surface area contributed by atoms with Crippen LogP contribution < -0.4 is 14.8 Å². The maximum atomic E-state index is 12.7. The third-order valence-corrected chi connectivity index (χ3v) is 5.92. The maximum absolute atomic E-state index is 12.7. The molecule has 8 heteroatoms. The normalized spacial score (nSPS) is 10.6. The number of methoxy groups -OCH3 is 2. The first-order chi connectivity index (χ1) is 16.1. The van der Waals surface area contributed by atoms with Crippen molar-refractivity contribution in [2.75, 3.05) is 25.3 Å². The molecule has 0 aliphatic rings. The first-order valence-electron chi connectivity index (χ1n) is 10.3. The Labute approximate surface area is 196 Å². The molecule has 1 heterocycles. The molecule has 1 N–H and O–H groups in total. The molecule has 3 aromatic carbocycles. The minimum absolute atomic E-state index is 0.161. The number of benzene rings is 3. The van der Waals surface area contributed by atoms with Crippen LogP contribution >= 0.6 is 11.8 Å². The number of carbonyl (C=O) groups excluding carboxylic acids is 1. The van der Waals surface area contributed by atoms with Gasteiger partial charge in [-0.15, -0.1) is 10.2 Å². The van der Waals surface area contributed by atoms with Gasteiger partial charge in [-0.3, -0.25) is 9.36 Å². The summed E-state index contributed by atoms with van der Waals surface area (Å²) in [6.07, 6.45) is 0. The van der Waals surface area contributed by atoms with Gasteiger partial charge in [0.1, 0.15) is 11.5 Å². The van der Waals surface area contributed by atoms with Crippen molar-refractivity contribution in [2.24, 2.45) is 0 Å². The monoisotopic (exact) mass is 460 g/mol. The molecule has 0 radical (unpaired) electrons. The zero-order valence-electron chi connectivity index (χ0n) is 18.6. The molecule has 7 nitrogen and oxygen atoms in total. The summed E-state index contributed by atoms with van der Waals surface area (Å²) in [5.41, 5.74) is 3.49. The van der Waals surface area contributed by atoms with Gasteiger partial charge in [0, 0.05) is 5.69 Å². The van der Waals surface area contributed by atoms with E-state index in [9.17, 15) is 4.79 Å². The van der Waals surface area contributed by atoms with Gasteiger partial charge >= 0.3 is 0 Å². The predicted molar refractivity (Wildman–Crippen MR) is 130 cm³/mol. The van der Waals surface area contributed by atoms with Crippen LogP contribution in [0.3, 0.4) is 0 Å². The number of para-hydroxylation sites is 3. The number of ether oxygens (including phenoxy) is 2. The Balaban J connectivity index is 1.63. The van der Waals surface area contributed by atoms with E-state index in [1.165, 1.54) is 11.8 Å². The Morgan fingerprint density at radius 1 is 0.909 bits per heavy atom. The first kappa shape index (κ1) is 22.4. The van der Waals surface area contributed by atoms with Crippen molar-refractivity contribution < 1.29 is 14.3 Å². The third-order valence-electron chi connectivity index (χ3n) is 4.99. The number of hydrogen-bond donors (Lipinski definition) is 1. The molecular weight excluding hydrogens is 436 g/mol. The number of aryl methyl sites for hydroxylation is 1. The van der Waals surface area contributed by atoms with Gasteiger partial charge in [0.25, 0.3) is 0 Å². The second-order valence-electron chi connectivity index (χ2n) is 7.21. The second-order valence-corrected chi connectivity index (χ2v) is 8.16. The highest BCUT2D eigenvalue weighted by Gasteiger charge is 2.20. The van der Waals surface area contributed by atoms with Crippen LogP contribution in [0.25, 0.3) is 17.1 Å². The van der Waals surface area contributed by atoms with Crippen LogP contribution in [-0.2, 0) is 4.79 Å². The number of thioether (sulfide) groups is 1. The lowest BCUT2D eigenvalue weighted by Gasteiger charge is -2.13. The Morgan fingerprint density at radius 2 is 1.58 bits per heavy atom. The molecule has 168 valence electrons. The van der Waals surface area contributed by atoms with E-state index in [2.05, 4.69) is 15.5 Å². The lowest BCUT2D eigenvalue weighted by Crippen LogP contribution is -2.15. The van der Waals surface area contributed by atoms with Gasteiger partial charge in [0.15, 0.2) is 11.0 Å².